The Kier molecular flexibility index (Phi) is 2.50. The van der Waals surface area contributed by atoms with E-state index < -0.39 is 0 Å². The quantitative estimate of drug-likeness (QED) is 0.554. The Morgan fingerprint density at radius 3 is 2.68 bits per heavy atom. The van der Waals surface area contributed by atoms with E-state index in [1.807, 2.05) is 6.07 Å². The van der Waals surface area contributed by atoms with Crippen LogP contribution in [-0.2, 0) is 7.05 Å². The first-order valence-electron chi connectivity index (χ1n) is 6.65. The fourth-order valence-electron chi connectivity index (χ4n) is 2.78. The van der Waals surface area contributed by atoms with Crippen molar-refractivity contribution >= 4 is 27.8 Å². The van der Waals surface area contributed by atoms with Gasteiger partial charge >= 0.3 is 0 Å². The Balaban J connectivity index is 2.16. The van der Waals surface area contributed by atoms with Crippen LogP contribution >= 0.6 is 0 Å². The van der Waals surface area contributed by atoms with Crippen molar-refractivity contribution in [2.75, 3.05) is 0 Å². The lowest BCUT2D eigenvalue weighted by Gasteiger charge is -1.99. The number of H-pyrrole nitrogens is 1. The van der Waals surface area contributed by atoms with Gasteiger partial charge in [0, 0.05) is 30.2 Å². The molecular formula is C15H11N5O2. The molecule has 0 radical (unpaired) electrons. The second-order valence-corrected chi connectivity index (χ2v) is 4.97. The normalized spacial score (nSPS) is 11.3. The third-order valence-corrected chi connectivity index (χ3v) is 3.80. The minimum atomic E-state index is 0.0187. The minimum Gasteiger partial charge on any atom is -0.494 e. The van der Waals surface area contributed by atoms with Gasteiger partial charge in [-0.05, 0) is 29.4 Å². The van der Waals surface area contributed by atoms with E-state index in [1.54, 1.807) is 42.2 Å². The fraction of sp³-hybridized carbons (Fsp3) is 0.0667. The summed E-state index contributed by atoms with van der Waals surface area (Å²) in [5.74, 6) is 0.0187. The lowest BCUT2D eigenvalue weighted by atomic mass is 10.1. The van der Waals surface area contributed by atoms with Gasteiger partial charge in [0.15, 0.2) is 0 Å². The number of fused-ring (bicyclic) bond motifs is 2. The molecule has 0 aliphatic rings. The number of aromatic amines is 1. The average molecular weight is 293 g/mol. The summed E-state index contributed by atoms with van der Waals surface area (Å²) < 4.78 is 1.57. The number of nitrogens with one attached hydrogen (secondary N) is 1. The summed E-state index contributed by atoms with van der Waals surface area (Å²) in [5, 5.41) is 14.9. The molecule has 0 amide bonds. The number of aromatic hydroxyl groups is 1. The molecule has 4 rings (SSSR count). The Hall–Kier alpha value is -3.22. The van der Waals surface area contributed by atoms with Crippen LogP contribution in [-0.4, -0.2) is 24.6 Å². The summed E-state index contributed by atoms with van der Waals surface area (Å²) >= 11 is 0. The lowest BCUT2D eigenvalue weighted by molar-refractivity contribution is 0.436. The maximum atomic E-state index is 11.3. The van der Waals surface area contributed by atoms with Crippen molar-refractivity contribution in [3.8, 4) is 17.1 Å². The zero-order valence-corrected chi connectivity index (χ0v) is 11.6. The van der Waals surface area contributed by atoms with Crippen molar-refractivity contribution in [1.82, 2.24) is 19.5 Å². The molecule has 0 aliphatic carbocycles. The smallest absolute Gasteiger partial charge is 0.202 e. The third-order valence-electron chi connectivity index (χ3n) is 3.80. The van der Waals surface area contributed by atoms with Gasteiger partial charge in [-0.15, -0.1) is 4.91 Å². The first-order chi connectivity index (χ1) is 10.7. The molecule has 108 valence electrons. The molecule has 7 heteroatoms. The largest absolute Gasteiger partial charge is 0.494 e. The summed E-state index contributed by atoms with van der Waals surface area (Å²) in [6.07, 6.45) is 3.28. The van der Waals surface area contributed by atoms with E-state index in [4.69, 9.17) is 0 Å². The minimum absolute atomic E-state index is 0.0187. The van der Waals surface area contributed by atoms with Crippen LogP contribution in [0.25, 0.3) is 33.3 Å². The highest BCUT2D eigenvalue weighted by Crippen LogP contribution is 2.44. The van der Waals surface area contributed by atoms with Gasteiger partial charge in [-0.1, -0.05) is 0 Å². The van der Waals surface area contributed by atoms with Gasteiger partial charge in [0.2, 0.25) is 5.88 Å². The zero-order chi connectivity index (χ0) is 15.3. The molecule has 7 nitrogen and oxygen atoms in total. The molecular weight excluding hydrogens is 282 g/mol. The van der Waals surface area contributed by atoms with Crippen LogP contribution in [0.1, 0.15) is 0 Å². The van der Waals surface area contributed by atoms with E-state index in [2.05, 4.69) is 20.1 Å². The summed E-state index contributed by atoms with van der Waals surface area (Å²) in [5.41, 5.74) is 2.35. The van der Waals surface area contributed by atoms with Crippen LogP contribution in [0.5, 0.6) is 5.88 Å². The maximum absolute atomic E-state index is 11.3. The van der Waals surface area contributed by atoms with Crippen LogP contribution in [0.15, 0.2) is 41.8 Å². The van der Waals surface area contributed by atoms with Gasteiger partial charge in [0.05, 0.1) is 11.3 Å². The van der Waals surface area contributed by atoms with Crippen LogP contribution < -0.4 is 0 Å². The van der Waals surface area contributed by atoms with Gasteiger partial charge in [-0.3, -0.25) is 4.57 Å². The topological polar surface area (TPSA) is 96.2 Å². The van der Waals surface area contributed by atoms with Crippen molar-refractivity contribution in [2.45, 2.75) is 0 Å². The number of nitroso groups, excluding NO2 is 1. The highest BCUT2D eigenvalue weighted by atomic mass is 16.3. The summed E-state index contributed by atoms with van der Waals surface area (Å²) in [6, 6.07) is 7.11. The number of aromatic nitrogens is 4. The number of pyridine rings is 2. The van der Waals surface area contributed by atoms with E-state index in [9.17, 15) is 10.0 Å². The molecule has 0 unspecified atom stereocenters. The molecule has 0 spiro atoms. The second-order valence-electron chi connectivity index (χ2n) is 4.97. The molecule has 2 N–H and O–H groups in total. The highest BCUT2D eigenvalue weighted by molar-refractivity contribution is 6.06. The molecule has 4 aromatic heterocycles. The van der Waals surface area contributed by atoms with Gasteiger partial charge in [0.1, 0.15) is 17.0 Å². The molecule has 0 aliphatic heterocycles. The van der Waals surface area contributed by atoms with Gasteiger partial charge in [-0.2, -0.15) is 0 Å². The summed E-state index contributed by atoms with van der Waals surface area (Å²) in [6.45, 7) is 0. The van der Waals surface area contributed by atoms with Gasteiger partial charge in [-0.25, -0.2) is 9.97 Å². The van der Waals surface area contributed by atoms with Gasteiger partial charge < -0.3 is 10.1 Å². The van der Waals surface area contributed by atoms with Crippen molar-refractivity contribution in [3.05, 3.63) is 41.6 Å². The fourth-order valence-corrected chi connectivity index (χ4v) is 2.78. The van der Waals surface area contributed by atoms with Crippen molar-refractivity contribution in [3.63, 3.8) is 0 Å². The van der Waals surface area contributed by atoms with Crippen LogP contribution in [0.3, 0.4) is 0 Å². The van der Waals surface area contributed by atoms with E-state index in [0.29, 0.717) is 27.9 Å². The predicted octanol–water partition coefficient (Wildman–Crippen LogP) is 3.22. The maximum Gasteiger partial charge on any atom is 0.202 e. The number of nitrogens with zero attached hydrogens (tertiary/aromatic N) is 4. The second kappa shape index (κ2) is 4.39. The number of aryl methyl sites for hydroxylation is 1. The molecule has 0 bridgehead atoms. The van der Waals surface area contributed by atoms with Crippen LogP contribution in [0.4, 0.5) is 5.69 Å². The first kappa shape index (κ1) is 12.5. The van der Waals surface area contributed by atoms with E-state index >= 15 is 0 Å². The predicted molar refractivity (Wildman–Crippen MR) is 82.9 cm³/mol. The molecule has 0 atom stereocenters. The van der Waals surface area contributed by atoms with Crippen molar-refractivity contribution in [2.24, 2.45) is 12.2 Å². The van der Waals surface area contributed by atoms with Crippen LogP contribution in [0.2, 0.25) is 0 Å². The Morgan fingerprint density at radius 1 is 1.18 bits per heavy atom. The average Bonchev–Trinajstić information content (AvgIpc) is 3.03. The first-order valence-corrected chi connectivity index (χ1v) is 6.65. The van der Waals surface area contributed by atoms with E-state index in [1.165, 1.54) is 0 Å². The van der Waals surface area contributed by atoms with E-state index in [0.717, 1.165) is 5.39 Å². The number of hydrogen-bond donors (Lipinski definition) is 2. The number of hydrogen-bond acceptors (Lipinski definition) is 5. The molecule has 4 aromatic rings. The molecule has 22 heavy (non-hydrogen) atoms. The standard InChI is InChI=1S/C15H11N5O2/c1-20-14-8(4-2-7-17-14)10(15(20)21)12-11(19-22)9-5-3-6-16-13(9)18-12/h2-7,21H,1H3,(H,16,18). The van der Waals surface area contributed by atoms with Crippen molar-refractivity contribution < 1.29 is 5.11 Å². The molecule has 0 fully saturated rings. The van der Waals surface area contributed by atoms with Crippen molar-refractivity contribution in [1.29, 1.82) is 0 Å². The molecule has 0 aromatic carbocycles. The Bertz CT molecular complexity index is 1030. The lowest BCUT2D eigenvalue weighted by Crippen LogP contribution is -1.87. The highest BCUT2D eigenvalue weighted by Gasteiger charge is 2.23. The Morgan fingerprint density at radius 2 is 1.91 bits per heavy atom. The van der Waals surface area contributed by atoms with Crippen LogP contribution in [0, 0.1) is 4.91 Å². The number of rotatable bonds is 2. The summed E-state index contributed by atoms with van der Waals surface area (Å²) in [4.78, 5) is 22.9. The van der Waals surface area contributed by atoms with Gasteiger partial charge in [0.25, 0.3) is 0 Å². The monoisotopic (exact) mass is 293 g/mol. The SMILES string of the molecule is Cn1c(O)c(-c2[nH]c3ncccc3c2N=O)c2cccnc21. The molecule has 0 saturated carbocycles. The zero-order valence-electron chi connectivity index (χ0n) is 11.6. The van der Waals surface area contributed by atoms with E-state index in [-0.39, 0.29) is 11.6 Å². The summed E-state index contributed by atoms with van der Waals surface area (Å²) in [7, 11) is 1.71. The molecule has 0 saturated heterocycles. The Labute approximate surface area is 124 Å². The molecule has 4 heterocycles. The third kappa shape index (κ3) is 1.50.